The van der Waals surface area contributed by atoms with Crippen LogP contribution in [0.5, 0.6) is 0 Å². The maximum absolute atomic E-state index is 12.7. The summed E-state index contributed by atoms with van der Waals surface area (Å²) < 4.78 is 6.90. The Morgan fingerprint density at radius 2 is 1.74 bits per heavy atom. The average molecular weight is 313 g/mol. The lowest BCUT2D eigenvalue weighted by Crippen LogP contribution is -2.48. The number of para-hydroxylation sites is 1. The first-order chi connectivity index (χ1) is 11.0. The number of aromatic nitrogens is 2. The van der Waals surface area contributed by atoms with Gasteiger partial charge < -0.3 is 9.64 Å². The van der Waals surface area contributed by atoms with Crippen LogP contribution in [0, 0.1) is 0 Å². The van der Waals surface area contributed by atoms with E-state index in [2.05, 4.69) is 5.10 Å². The number of carbonyl (C=O) groups is 1. The van der Waals surface area contributed by atoms with E-state index in [0.29, 0.717) is 18.8 Å². The molecule has 2 aromatic rings. The molecule has 0 radical (unpaired) electrons. The molecule has 2 heterocycles. The molecule has 6 nitrogen and oxygen atoms in total. The number of ether oxygens (including phenoxy) is 1. The van der Waals surface area contributed by atoms with Gasteiger partial charge in [-0.25, -0.2) is 0 Å². The molecule has 0 saturated carbocycles. The molecule has 0 spiro atoms. The summed E-state index contributed by atoms with van der Waals surface area (Å²) in [4.78, 5) is 26.4. The molecule has 1 aliphatic rings. The third-order valence-corrected chi connectivity index (χ3v) is 3.73. The monoisotopic (exact) mass is 313 g/mol. The second-order valence-corrected chi connectivity index (χ2v) is 5.77. The van der Waals surface area contributed by atoms with Gasteiger partial charge in [-0.15, -0.1) is 0 Å². The van der Waals surface area contributed by atoms with Gasteiger partial charge in [0.1, 0.15) is 5.69 Å². The predicted octanol–water partition coefficient (Wildman–Crippen LogP) is 1.48. The molecule has 6 heteroatoms. The molecule has 1 saturated heterocycles. The number of hydrogen-bond donors (Lipinski definition) is 0. The van der Waals surface area contributed by atoms with Gasteiger partial charge in [0.05, 0.1) is 17.9 Å². The van der Waals surface area contributed by atoms with Crippen molar-refractivity contribution in [1.82, 2.24) is 14.7 Å². The standard InChI is InChI=1S/C17H19N3O3/c1-12-10-19(11-13(2)23-12)17(22)15-8-9-16(21)20(18-15)14-6-4-3-5-7-14/h3-9,12-13H,10-11H2,1-2H3. The first kappa shape index (κ1) is 15.4. The van der Waals surface area contributed by atoms with Crippen LogP contribution in [-0.2, 0) is 4.74 Å². The van der Waals surface area contributed by atoms with E-state index in [1.54, 1.807) is 17.0 Å². The normalized spacial score (nSPS) is 21.2. The van der Waals surface area contributed by atoms with Crippen LogP contribution in [0.15, 0.2) is 47.3 Å². The molecule has 2 unspecified atom stereocenters. The van der Waals surface area contributed by atoms with Gasteiger partial charge in [-0.2, -0.15) is 9.78 Å². The maximum atomic E-state index is 12.7. The van der Waals surface area contributed by atoms with Crippen molar-refractivity contribution in [3.63, 3.8) is 0 Å². The van der Waals surface area contributed by atoms with Crippen LogP contribution in [0.4, 0.5) is 0 Å². The summed E-state index contributed by atoms with van der Waals surface area (Å²) in [5.41, 5.74) is 0.627. The maximum Gasteiger partial charge on any atom is 0.274 e. The Morgan fingerprint density at radius 1 is 1.09 bits per heavy atom. The van der Waals surface area contributed by atoms with E-state index in [1.807, 2.05) is 32.0 Å². The lowest BCUT2D eigenvalue weighted by atomic mass is 10.2. The zero-order valence-corrected chi connectivity index (χ0v) is 13.2. The first-order valence-corrected chi connectivity index (χ1v) is 7.65. The van der Waals surface area contributed by atoms with Crippen molar-refractivity contribution in [2.24, 2.45) is 0 Å². The molecule has 1 aromatic carbocycles. The summed E-state index contributed by atoms with van der Waals surface area (Å²) in [5, 5.41) is 4.24. The second kappa shape index (κ2) is 6.34. The molecule has 23 heavy (non-hydrogen) atoms. The van der Waals surface area contributed by atoms with Crippen LogP contribution in [-0.4, -0.2) is 45.9 Å². The Labute approximate surface area is 134 Å². The third kappa shape index (κ3) is 3.32. The van der Waals surface area contributed by atoms with Gasteiger partial charge in [0.15, 0.2) is 0 Å². The Bertz CT molecular complexity index is 747. The number of carbonyl (C=O) groups excluding carboxylic acids is 1. The van der Waals surface area contributed by atoms with E-state index in [-0.39, 0.29) is 29.4 Å². The van der Waals surface area contributed by atoms with Gasteiger partial charge in [0, 0.05) is 19.2 Å². The molecule has 120 valence electrons. The van der Waals surface area contributed by atoms with Crippen LogP contribution in [0.3, 0.4) is 0 Å². The summed E-state index contributed by atoms with van der Waals surface area (Å²) >= 11 is 0. The van der Waals surface area contributed by atoms with Crippen molar-refractivity contribution in [2.75, 3.05) is 13.1 Å². The fourth-order valence-electron chi connectivity index (χ4n) is 2.79. The number of benzene rings is 1. The molecule has 1 aromatic heterocycles. The van der Waals surface area contributed by atoms with E-state index < -0.39 is 0 Å². The van der Waals surface area contributed by atoms with Gasteiger partial charge in [-0.05, 0) is 32.0 Å². The highest BCUT2D eigenvalue weighted by Crippen LogP contribution is 2.13. The fraction of sp³-hybridized carbons (Fsp3) is 0.353. The summed E-state index contributed by atoms with van der Waals surface area (Å²) in [6.07, 6.45) is -0.0227. The van der Waals surface area contributed by atoms with Crippen molar-refractivity contribution in [3.05, 3.63) is 58.5 Å². The lowest BCUT2D eigenvalue weighted by molar-refractivity contribution is -0.0587. The SMILES string of the molecule is CC1CN(C(=O)c2ccc(=O)n(-c3ccccc3)n2)CC(C)O1. The summed E-state index contributed by atoms with van der Waals surface area (Å²) in [6, 6.07) is 11.9. The number of nitrogens with zero attached hydrogens (tertiary/aromatic N) is 3. The minimum Gasteiger partial charge on any atom is -0.372 e. The lowest BCUT2D eigenvalue weighted by Gasteiger charge is -2.35. The molecule has 2 atom stereocenters. The van der Waals surface area contributed by atoms with Crippen LogP contribution < -0.4 is 5.56 Å². The first-order valence-electron chi connectivity index (χ1n) is 7.65. The van der Waals surface area contributed by atoms with Crippen LogP contribution in [0.1, 0.15) is 24.3 Å². The number of rotatable bonds is 2. The summed E-state index contributed by atoms with van der Waals surface area (Å²) in [5.74, 6) is -0.184. The largest absolute Gasteiger partial charge is 0.372 e. The molecule has 0 N–H and O–H groups in total. The zero-order chi connectivity index (χ0) is 16.4. The van der Waals surface area contributed by atoms with Gasteiger partial charge >= 0.3 is 0 Å². The Morgan fingerprint density at radius 3 is 2.39 bits per heavy atom. The molecule has 0 aliphatic carbocycles. The molecule has 1 amide bonds. The molecule has 1 fully saturated rings. The molecule has 1 aliphatic heterocycles. The minimum absolute atomic E-state index is 0.0114. The molecule has 0 bridgehead atoms. The van der Waals surface area contributed by atoms with E-state index in [9.17, 15) is 9.59 Å². The molecular formula is C17H19N3O3. The van der Waals surface area contributed by atoms with Crippen LogP contribution >= 0.6 is 0 Å². The highest BCUT2D eigenvalue weighted by molar-refractivity contribution is 5.92. The summed E-state index contributed by atoms with van der Waals surface area (Å²) in [7, 11) is 0. The quantitative estimate of drug-likeness (QED) is 0.842. The van der Waals surface area contributed by atoms with Gasteiger partial charge in [-0.1, -0.05) is 18.2 Å². The van der Waals surface area contributed by atoms with Gasteiger partial charge in [0.25, 0.3) is 11.5 Å². The topological polar surface area (TPSA) is 64.4 Å². The highest BCUT2D eigenvalue weighted by Gasteiger charge is 2.27. The van der Waals surface area contributed by atoms with Crippen molar-refractivity contribution < 1.29 is 9.53 Å². The van der Waals surface area contributed by atoms with Crippen molar-refractivity contribution in [2.45, 2.75) is 26.1 Å². The zero-order valence-electron chi connectivity index (χ0n) is 13.2. The van der Waals surface area contributed by atoms with Gasteiger partial charge in [-0.3, -0.25) is 9.59 Å². The molecule has 3 rings (SSSR count). The average Bonchev–Trinajstić information content (AvgIpc) is 2.54. The van der Waals surface area contributed by atoms with Crippen LogP contribution in [0.25, 0.3) is 5.69 Å². The van der Waals surface area contributed by atoms with E-state index >= 15 is 0 Å². The predicted molar refractivity (Wildman–Crippen MR) is 85.7 cm³/mol. The highest BCUT2D eigenvalue weighted by atomic mass is 16.5. The summed E-state index contributed by atoms with van der Waals surface area (Å²) in [6.45, 7) is 4.92. The van der Waals surface area contributed by atoms with Crippen LogP contribution in [0.2, 0.25) is 0 Å². The minimum atomic E-state index is -0.267. The number of morpholine rings is 1. The second-order valence-electron chi connectivity index (χ2n) is 5.77. The Kier molecular flexibility index (Phi) is 4.25. The number of hydrogen-bond acceptors (Lipinski definition) is 4. The fourth-order valence-corrected chi connectivity index (χ4v) is 2.79. The number of amides is 1. The van der Waals surface area contributed by atoms with E-state index in [4.69, 9.17) is 4.74 Å². The van der Waals surface area contributed by atoms with E-state index in [0.717, 1.165) is 0 Å². The van der Waals surface area contributed by atoms with Crippen molar-refractivity contribution in [1.29, 1.82) is 0 Å². The Balaban J connectivity index is 1.92. The van der Waals surface area contributed by atoms with Crippen molar-refractivity contribution >= 4 is 5.91 Å². The van der Waals surface area contributed by atoms with E-state index in [1.165, 1.54) is 16.8 Å². The Hall–Kier alpha value is -2.47. The molecular weight excluding hydrogens is 294 g/mol. The van der Waals surface area contributed by atoms with Crippen molar-refractivity contribution in [3.8, 4) is 5.69 Å². The third-order valence-electron chi connectivity index (χ3n) is 3.73. The smallest absolute Gasteiger partial charge is 0.274 e. The van der Waals surface area contributed by atoms with Gasteiger partial charge in [0.2, 0.25) is 0 Å².